The first-order valence-electron chi connectivity index (χ1n) is 21.2. The maximum atomic E-state index is 15.1. The Morgan fingerprint density at radius 2 is 1.36 bits per heavy atom. The summed E-state index contributed by atoms with van der Waals surface area (Å²) in [5.74, 6) is -0.279. The number of allylic oxidation sites excluding steroid dienone is 2. The molecule has 2 aliphatic heterocycles. The molecule has 64 heavy (non-hydrogen) atoms. The fraction of sp³-hybridized carbons (Fsp3) is 0.0943. The predicted octanol–water partition coefficient (Wildman–Crippen LogP) is 6.88. The third-order valence-corrected chi connectivity index (χ3v) is 14.3. The number of rotatable bonds is 6. The molecular weight excluding hydrogens is 821 g/mol. The van der Waals surface area contributed by atoms with Crippen molar-refractivity contribution in [3.05, 3.63) is 196 Å². The third-order valence-electron chi connectivity index (χ3n) is 13.5. The van der Waals surface area contributed by atoms with Crippen LogP contribution >= 0.6 is 0 Å². The Bertz CT molecular complexity index is 3660. The van der Waals surface area contributed by atoms with Gasteiger partial charge in [0.05, 0.1) is 51.2 Å². The molecule has 3 aliphatic carbocycles. The van der Waals surface area contributed by atoms with Gasteiger partial charge in [-0.15, -0.1) is 5.56 Å². The minimum atomic E-state index is -4.14. The van der Waals surface area contributed by atoms with Crippen LogP contribution in [0.1, 0.15) is 34.2 Å². The summed E-state index contributed by atoms with van der Waals surface area (Å²) in [5, 5.41) is 28.9. The SMILES string of the molecule is O=C1C(c2ccc3cc(OCCCS(=O)(=O)O)cc4c3c2NC2(N4)c3ccccc3-c3ccccc32)=C(O)/C1=c1/ccc2cccc3c2c1=[NH+]C1(N3)c2c[c-]ccc2-c2ccccc21. The molecule has 2 spiro atoms. The molecule has 8 aromatic rings. The summed E-state index contributed by atoms with van der Waals surface area (Å²) in [6.45, 7) is 0.0698. The number of carbonyl (C=O) groups is 1. The molecule has 10 nitrogen and oxygen atoms in total. The molecule has 11 heteroatoms. The molecule has 0 amide bonds. The number of nitrogens with one attached hydrogen (secondary N) is 4. The van der Waals surface area contributed by atoms with Crippen molar-refractivity contribution in [2.75, 3.05) is 28.3 Å². The normalized spacial score (nSPS) is 18.7. The minimum absolute atomic E-state index is 0.0698. The van der Waals surface area contributed by atoms with Gasteiger partial charge in [-0.2, -0.15) is 32.7 Å². The van der Waals surface area contributed by atoms with Crippen molar-refractivity contribution in [1.29, 1.82) is 0 Å². The van der Waals surface area contributed by atoms with Crippen LogP contribution in [0.2, 0.25) is 0 Å². The number of anilines is 3. The average Bonchev–Trinajstić information content (AvgIpc) is 3.72. The number of aliphatic hydroxyl groups is 1. The number of benzene rings is 8. The van der Waals surface area contributed by atoms with Gasteiger partial charge in [-0.1, -0.05) is 109 Å². The molecule has 310 valence electrons. The molecule has 8 aromatic carbocycles. The quantitative estimate of drug-likeness (QED) is 0.0598. The Kier molecular flexibility index (Phi) is 7.44. The van der Waals surface area contributed by atoms with E-state index in [0.29, 0.717) is 22.2 Å². The average molecular weight is 857 g/mol. The smallest absolute Gasteiger partial charge is 0.264 e. The minimum Gasteiger partial charge on any atom is -0.506 e. The van der Waals surface area contributed by atoms with Gasteiger partial charge in [0.15, 0.2) is 5.66 Å². The van der Waals surface area contributed by atoms with E-state index in [-0.39, 0.29) is 35.7 Å². The van der Waals surface area contributed by atoms with Crippen molar-refractivity contribution in [3.63, 3.8) is 0 Å². The van der Waals surface area contributed by atoms with Crippen molar-refractivity contribution >= 4 is 65.7 Å². The van der Waals surface area contributed by atoms with Crippen LogP contribution in [-0.2, 0) is 26.2 Å². The van der Waals surface area contributed by atoms with Crippen LogP contribution in [0.4, 0.5) is 17.1 Å². The fourth-order valence-electron chi connectivity index (χ4n) is 10.9. The monoisotopic (exact) mass is 856 g/mol. The number of hydrogen-bond acceptors (Lipinski definition) is 8. The number of hydrogen-bond donors (Lipinski definition) is 6. The molecule has 0 saturated carbocycles. The van der Waals surface area contributed by atoms with Gasteiger partial charge in [-0.05, 0) is 52.1 Å². The molecule has 1 atom stereocenters. The summed E-state index contributed by atoms with van der Waals surface area (Å²) in [7, 11) is -4.14. The lowest BCUT2D eigenvalue weighted by molar-refractivity contribution is -0.579. The molecule has 2 heterocycles. The highest BCUT2D eigenvalue weighted by Crippen LogP contribution is 2.56. The zero-order valence-corrected chi connectivity index (χ0v) is 34.7. The fourth-order valence-corrected chi connectivity index (χ4v) is 11.4. The summed E-state index contributed by atoms with van der Waals surface area (Å²) >= 11 is 0. The van der Waals surface area contributed by atoms with Gasteiger partial charge >= 0.3 is 0 Å². The lowest BCUT2D eigenvalue weighted by Gasteiger charge is -2.41. The van der Waals surface area contributed by atoms with Crippen LogP contribution < -0.4 is 36.3 Å². The number of carbonyl (C=O) groups excluding carboxylic acids is 1. The Labute approximate surface area is 366 Å². The van der Waals surface area contributed by atoms with E-state index in [1.807, 2.05) is 91.0 Å². The summed E-state index contributed by atoms with van der Waals surface area (Å²) < 4.78 is 38.3. The lowest BCUT2D eigenvalue weighted by Crippen LogP contribution is -2.93. The Morgan fingerprint density at radius 1 is 0.656 bits per heavy atom. The largest absolute Gasteiger partial charge is 0.506 e. The van der Waals surface area contributed by atoms with Crippen molar-refractivity contribution in [2.45, 2.75) is 17.7 Å². The molecule has 13 rings (SSSR count). The van der Waals surface area contributed by atoms with Gasteiger partial charge in [0.25, 0.3) is 10.1 Å². The van der Waals surface area contributed by atoms with Gasteiger partial charge in [-0.3, -0.25) is 9.35 Å². The molecule has 0 radical (unpaired) electrons. The number of ketones is 1. The number of fused-ring (bicyclic) bond motifs is 10. The van der Waals surface area contributed by atoms with Gasteiger partial charge < -0.3 is 25.8 Å². The Balaban J connectivity index is 1.02. The number of Topliss-reactive ketones (excluding diaryl/α,β-unsaturated/α-hetero) is 1. The summed E-state index contributed by atoms with van der Waals surface area (Å²) in [6.07, 6.45) is 0.108. The van der Waals surface area contributed by atoms with E-state index in [0.717, 1.165) is 82.8 Å². The van der Waals surface area contributed by atoms with E-state index in [9.17, 15) is 18.1 Å². The molecule has 5 aliphatic rings. The number of aliphatic hydroxyl groups excluding tert-OH is 1. The van der Waals surface area contributed by atoms with Crippen LogP contribution in [0.25, 0.3) is 54.9 Å². The topological polar surface area (TPSA) is 151 Å². The maximum absolute atomic E-state index is 15.1. The highest BCUT2D eigenvalue weighted by molar-refractivity contribution is 7.85. The second kappa shape index (κ2) is 12.9. The zero-order valence-electron chi connectivity index (χ0n) is 33.9. The van der Waals surface area contributed by atoms with Crippen LogP contribution in [0.15, 0.2) is 151 Å². The second-order valence-electron chi connectivity index (χ2n) is 17.0. The van der Waals surface area contributed by atoms with E-state index < -0.39 is 27.2 Å². The van der Waals surface area contributed by atoms with E-state index in [1.54, 1.807) is 0 Å². The molecule has 6 N–H and O–H groups in total. The van der Waals surface area contributed by atoms with E-state index in [1.165, 1.54) is 0 Å². The number of ether oxygens (including phenoxy) is 1. The van der Waals surface area contributed by atoms with Crippen molar-refractivity contribution < 1.29 is 32.6 Å². The van der Waals surface area contributed by atoms with Crippen molar-refractivity contribution in [1.82, 2.24) is 0 Å². The Morgan fingerprint density at radius 3 is 2.11 bits per heavy atom. The standard InChI is InChI=1S/C53H35N4O6S/c58-50-46(36-23-21-29-11-9-20-42-44(29)48(36)56-52(54-42)38-16-5-1-12-32(38)33-13-2-6-17-39(33)52)51(59)47(50)37-24-22-30-27-31(63-25-10-26-64(60,61)62)28-43-45(30)49(37)57-53(55-43)40-18-7-3-14-34(40)35-15-4-8-19-41(35)53/h1-5,7-9,11-24,27-28,54-55,57-58H,10,25-26H2,(H,60,61,62)/q-1/p+1/b46-36+. The highest BCUT2D eigenvalue weighted by atomic mass is 32.2. The first kappa shape index (κ1) is 36.9. The summed E-state index contributed by atoms with van der Waals surface area (Å²) in [4.78, 5) is 18.9. The van der Waals surface area contributed by atoms with Gasteiger partial charge in [0, 0.05) is 33.7 Å². The second-order valence-corrected chi connectivity index (χ2v) is 18.5. The van der Waals surface area contributed by atoms with Crippen LogP contribution in [0.5, 0.6) is 5.75 Å². The molecule has 0 saturated heterocycles. The van der Waals surface area contributed by atoms with E-state index >= 15 is 4.79 Å². The van der Waals surface area contributed by atoms with Crippen LogP contribution in [0, 0.1) is 6.07 Å². The third kappa shape index (κ3) is 4.96. The Hall–Kier alpha value is -7.73. The molecule has 0 fully saturated rings. The first-order valence-corrected chi connectivity index (χ1v) is 22.8. The molecular formula is C53H36N4O6S. The van der Waals surface area contributed by atoms with Crippen LogP contribution in [0.3, 0.4) is 0 Å². The maximum Gasteiger partial charge on any atom is 0.264 e. The van der Waals surface area contributed by atoms with Gasteiger partial charge in [0.2, 0.25) is 16.8 Å². The first-order chi connectivity index (χ1) is 31.1. The predicted molar refractivity (Wildman–Crippen MR) is 247 cm³/mol. The van der Waals surface area contributed by atoms with Crippen molar-refractivity contribution in [2.24, 2.45) is 0 Å². The molecule has 0 aromatic heterocycles. The highest BCUT2D eigenvalue weighted by Gasteiger charge is 2.49. The lowest BCUT2D eigenvalue weighted by atomic mass is 9.79. The summed E-state index contributed by atoms with van der Waals surface area (Å²) in [5.41, 5.74) is 9.80. The van der Waals surface area contributed by atoms with Gasteiger partial charge in [0.1, 0.15) is 11.5 Å². The molecule has 1 unspecified atom stereocenters. The van der Waals surface area contributed by atoms with Gasteiger partial charge in [-0.25, -0.2) is 4.99 Å². The van der Waals surface area contributed by atoms with E-state index in [4.69, 9.17) is 4.74 Å². The van der Waals surface area contributed by atoms with Crippen molar-refractivity contribution in [3.8, 4) is 28.0 Å². The molecule has 0 bridgehead atoms. The summed E-state index contributed by atoms with van der Waals surface area (Å²) in [6, 6.07) is 51.6. The van der Waals surface area contributed by atoms with Crippen LogP contribution in [-0.4, -0.2) is 36.2 Å². The zero-order chi connectivity index (χ0) is 43.1. The van der Waals surface area contributed by atoms with E-state index in [2.05, 4.69) is 81.6 Å².